The second-order valence-corrected chi connectivity index (χ2v) is 11.7. The second kappa shape index (κ2) is 10.1. The molecule has 2 aromatic heterocycles. The maximum Gasteiger partial charge on any atom is 0.260 e. The first-order chi connectivity index (χ1) is 22.1. The quantitative estimate of drug-likeness (QED) is 0.269. The van der Waals surface area contributed by atoms with Gasteiger partial charge in [-0.2, -0.15) is 0 Å². The zero-order chi connectivity index (χ0) is 30.1. The van der Waals surface area contributed by atoms with Crippen LogP contribution in [0.15, 0.2) is 101 Å². The van der Waals surface area contributed by atoms with E-state index in [1.54, 1.807) is 0 Å². The molecule has 9 heteroatoms. The highest BCUT2D eigenvalue weighted by atomic mass is 16.5. The number of amidine groups is 2. The van der Waals surface area contributed by atoms with Gasteiger partial charge in [-0.3, -0.25) is 9.98 Å². The number of rotatable bonds is 4. The van der Waals surface area contributed by atoms with Gasteiger partial charge < -0.3 is 19.3 Å². The number of aliphatic imine (C=N–C) groups is 2. The molecule has 8 nitrogen and oxygen atoms in total. The minimum Gasteiger partial charge on any atom is -0.458 e. The van der Waals surface area contributed by atoms with Crippen molar-refractivity contribution in [1.82, 2.24) is 9.97 Å². The van der Waals surface area contributed by atoms with Gasteiger partial charge in [0.2, 0.25) is 0 Å². The lowest BCUT2D eigenvalue weighted by atomic mass is 9.35. The van der Waals surface area contributed by atoms with Crippen molar-refractivity contribution in [3.8, 4) is 45.5 Å². The average Bonchev–Trinajstić information content (AvgIpc) is 3.71. The number of hydrogen-bond acceptors (Lipinski definition) is 8. The van der Waals surface area contributed by atoms with Gasteiger partial charge in [-0.05, 0) is 73.3 Å². The molecule has 0 unspecified atom stereocenters. The Morgan fingerprint density at radius 3 is 1.53 bits per heavy atom. The van der Waals surface area contributed by atoms with Gasteiger partial charge in [0.25, 0.3) is 6.71 Å². The third-order valence-electron chi connectivity index (χ3n) is 9.13. The molecule has 4 aliphatic heterocycles. The van der Waals surface area contributed by atoms with Crippen LogP contribution in [0, 0.1) is 0 Å². The first-order valence-corrected chi connectivity index (χ1v) is 15.4. The van der Waals surface area contributed by atoms with Crippen LogP contribution in [0.3, 0.4) is 0 Å². The third-order valence-corrected chi connectivity index (χ3v) is 9.13. The highest BCUT2D eigenvalue weighted by Gasteiger charge is 2.40. The summed E-state index contributed by atoms with van der Waals surface area (Å²) in [6, 6.07) is 31.2. The van der Waals surface area contributed by atoms with Crippen molar-refractivity contribution in [2.75, 3.05) is 36.0 Å². The molecule has 0 radical (unpaired) electrons. The van der Waals surface area contributed by atoms with E-state index in [-0.39, 0.29) is 6.71 Å². The fourth-order valence-corrected chi connectivity index (χ4v) is 6.89. The fourth-order valence-electron chi connectivity index (χ4n) is 6.89. The Bertz CT molecular complexity index is 1950. The summed E-state index contributed by atoms with van der Waals surface area (Å²) in [4.78, 5) is 23.4. The van der Waals surface area contributed by atoms with Crippen LogP contribution >= 0.6 is 0 Å². The van der Waals surface area contributed by atoms with Crippen LogP contribution in [-0.2, 0) is 0 Å². The number of hydrogen-bond donors (Lipinski definition) is 0. The molecule has 0 fully saturated rings. The van der Waals surface area contributed by atoms with Crippen molar-refractivity contribution in [3.05, 3.63) is 91.0 Å². The van der Waals surface area contributed by atoms with Crippen LogP contribution < -0.4 is 35.7 Å². The smallest absolute Gasteiger partial charge is 0.260 e. The predicted molar refractivity (Wildman–Crippen MR) is 181 cm³/mol. The highest BCUT2D eigenvalue weighted by molar-refractivity contribution is 6.98. The predicted octanol–water partition coefficient (Wildman–Crippen LogP) is 5.02. The molecule has 0 aliphatic carbocycles. The molecular weight excluding hydrogens is 559 g/mol. The lowest BCUT2D eigenvalue weighted by molar-refractivity contribution is 0.464. The van der Waals surface area contributed by atoms with Gasteiger partial charge in [0, 0.05) is 29.7 Å². The SMILES string of the molecule is CC1=NCCN1c1cccc(-c2ccc3c(c2)Oc2cccc4c2B3c2ccc(-c3cccc(N5CCN=C5C)n3)cc2O4)n1. The Kier molecular flexibility index (Phi) is 5.81. The Balaban J connectivity index is 1.10. The van der Waals surface area contributed by atoms with Crippen molar-refractivity contribution in [2.24, 2.45) is 9.98 Å². The first-order valence-electron chi connectivity index (χ1n) is 15.4. The fraction of sp³-hybridized carbons (Fsp3) is 0.167. The van der Waals surface area contributed by atoms with Gasteiger partial charge in [0.05, 0.1) is 24.5 Å². The molecule has 4 aliphatic rings. The van der Waals surface area contributed by atoms with Crippen molar-refractivity contribution >= 4 is 46.4 Å². The number of fused-ring (bicyclic) bond motifs is 4. The summed E-state index contributed by atoms with van der Waals surface area (Å²) in [5, 5.41) is 0. The molecule has 9 rings (SSSR count). The van der Waals surface area contributed by atoms with Gasteiger partial charge in [-0.1, -0.05) is 42.5 Å². The monoisotopic (exact) mass is 588 g/mol. The van der Waals surface area contributed by atoms with Crippen molar-refractivity contribution in [1.29, 1.82) is 0 Å². The van der Waals surface area contributed by atoms with Gasteiger partial charge in [0.1, 0.15) is 46.3 Å². The molecule has 5 aromatic rings. The largest absolute Gasteiger partial charge is 0.458 e. The number of pyridine rings is 2. The molecule has 45 heavy (non-hydrogen) atoms. The Hall–Kier alpha value is -5.44. The van der Waals surface area contributed by atoms with E-state index in [1.165, 1.54) is 0 Å². The number of nitrogens with zero attached hydrogens (tertiary/aromatic N) is 6. The third kappa shape index (κ3) is 4.22. The number of ether oxygens (including phenoxy) is 2. The minimum absolute atomic E-state index is 0.0164. The van der Waals surface area contributed by atoms with Gasteiger partial charge >= 0.3 is 0 Å². The zero-order valence-electron chi connectivity index (χ0n) is 25.1. The molecule has 0 spiro atoms. The lowest BCUT2D eigenvalue weighted by Gasteiger charge is -2.33. The molecule has 0 amide bonds. The van der Waals surface area contributed by atoms with E-state index >= 15 is 0 Å². The van der Waals surface area contributed by atoms with E-state index in [0.717, 1.165) is 111 Å². The van der Waals surface area contributed by atoms with E-state index in [9.17, 15) is 0 Å². The van der Waals surface area contributed by atoms with Crippen LogP contribution in [0.4, 0.5) is 11.6 Å². The van der Waals surface area contributed by atoms with E-state index in [1.807, 2.05) is 44.2 Å². The molecule has 6 heterocycles. The number of anilines is 2. The van der Waals surface area contributed by atoms with Crippen LogP contribution in [0.25, 0.3) is 22.5 Å². The molecule has 0 saturated carbocycles. The number of aromatic nitrogens is 2. The minimum atomic E-state index is -0.0164. The summed E-state index contributed by atoms with van der Waals surface area (Å²) in [7, 11) is 0. The van der Waals surface area contributed by atoms with Crippen LogP contribution in [0.2, 0.25) is 0 Å². The van der Waals surface area contributed by atoms with Gasteiger partial charge in [-0.15, -0.1) is 0 Å². The summed E-state index contributed by atoms with van der Waals surface area (Å²) >= 11 is 0. The van der Waals surface area contributed by atoms with Crippen molar-refractivity contribution < 1.29 is 9.47 Å². The molecule has 3 aromatic carbocycles. The van der Waals surface area contributed by atoms with Crippen LogP contribution in [0.5, 0.6) is 23.0 Å². The summed E-state index contributed by atoms with van der Waals surface area (Å²) in [6.45, 7) is 7.37. The van der Waals surface area contributed by atoms with Crippen LogP contribution in [0.1, 0.15) is 13.8 Å². The Morgan fingerprint density at radius 2 is 1.07 bits per heavy atom. The van der Waals surface area contributed by atoms with E-state index in [0.29, 0.717) is 0 Å². The zero-order valence-corrected chi connectivity index (χ0v) is 25.1. The average molecular weight is 588 g/mol. The lowest BCUT2D eigenvalue weighted by Crippen LogP contribution is -2.57. The summed E-state index contributed by atoms with van der Waals surface area (Å²) < 4.78 is 13.1. The molecule has 0 saturated heterocycles. The van der Waals surface area contributed by atoms with Crippen molar-refractivity contribution in [3.63, 3.8) is 0 Å². The maximum atomic E-state index is 6.55. The molecule has 0 bridgehead atoms. The summed E-state index contributed by atoms with van der Waals surface area (Å²) in [6.07, 6.45) is 0. The first kappa shape index (κ1) is 26.0. The summed E-state index contributed by atoms with van der Waals surface area (Å²) in [5.41, 5.74) is 7.11. The van der Waals surface area contributed by atoms with E-state index < -0.39 is 0 Å². The topological polar surface area (TPSA) is 75.4 Å². The number of benzene rings is 3. The Labute approximate surface area is 261 Å². The van der Waals surface area contributed by atoms with Crippen LogP contribution in [-0.4, -0.2) is 54.5 Å². The van der Waals surface area contributed by atoms with Crippen molar-refractivity contribution in [2.45, 2.75) is 13.8 Å². The standard InChI is InChI=1S/C36H29BN6O2/c1-22-38-16-18-42(22)34-10-3-6-28(40-34)24-12-14-26-32(20-24)44-30-8-5-9-31-36(30)37(26)27-15-13-25(21-33(27)45-31)29-7-4-11-35(41-29)43-19-17-39-23(43)2/h3-15,20-21H,16-19H2,1-2H3. The van der Waals surface area contributed by atoms with E-state index in [2.05, 4.69) is 80.4 Å². The molecular formula is C36H29BN6O2. The molecule has 0 N–H and O–H groups in total. The van der Waals surface area contributed by atoms with Gasteiger partial charge in [0.15, 0.2) is 0 Å². The maximum absolute atomic E-state index is 6.55. The second-order valence-electron chi connectivity index (χ2n) is 11.7. The van der Waals surface area contributed by atoms with E-state index in [4.69, 9.17) is 19.4 Å². The molecule has 0 atom stereocenters. The highest BCUT2D eigenvalue weighted by Crippen LogP contribution is 2.37. The normalized spacial score (nSPS) is 15.9. The summed E-state index contributed by atoms with van der Waals surface area (Å²) in [5.74, 6) is 7.14. The van der Waals surface area contributed by atoms with Gasteiger partial charge in [-0.25, -0.2) is 9.97 Å². The Morgan fingerprint density at radius 1 is 0.578 bits per heavy atom. The molecule has 218 valence electrons.